The number of carboxylic acids is 1. The van der Waals surface area contributed by atoms with E-state index in [0.29, 0.717) is 5.57 Å². The molecular formula is C11H16N2O4. The molecule has 0 spiro atoms. The highest BCUT2D eigenvalue weighted by atomic mass is 16.5. The van der Waals surface area contributed by atoms with E-state index in [2.05, 4.69) is 21.6 Å². The first-order valence-corrected chi connectivity index (χ1v) is 4.90. The number of nitrogens with one attached hydrogen (secondary N) is 1. The van der Waals surface area contributed by atoms with Gasteiger partial charge in [0.05, 0.1) is 7.11 Å². The van der Waals surface area contributed by atoms with E-state index in [0.717, 1.165) is 0 Å². The molecule has 6 heteroatoms. The molecule has 94 valence electrons. The molecule has 0 aromatic heterocycles. The lowest BCUT2D eigenvalue weighted by molar-refractivity contribution is -0.139. The van der Waals surface area contributed by atoms with Gasteiger partial charge < -0.3 is 15.2 Å². The largest absolute Gasteiger partial charge is 0.480 e. The van der Waals surface area contributed by atoms with Gasteiger partial charge in [-0.2, -0.15) is 0 Å². The van der Waals surface area contributed by atoms with Gasteiger partial charge in [-0.25, -0.2) is 9.59 Å². The molecular weight excluding hydrogens is 224 g/mol. The van der Waals surface area contributed by atoms with Crippen molar-refractivity contribution in [3.63, 3.8) is 0 Å². The Hall–Kier alpha value is -2.11. The normalized spacial score (nSPS) is 12.6. The van der Waals surface area contributed by atoms with E-state index >= 15 is 0 Å². The molecule has 0 saturated carbocycles. The zero-order valence-corrected chi connectivity index (χ0v) is 9.84. The standard InChI is InChI=1S/C11H16N2O4/c1-4-12-6-5-8(2)7-9(10(14)15)13-11(16)17-3/h4-6,9H,2,7H2,1,3H3,(H,13,16)(H,14,15)/b6-5-,12-4?/t9-/m0/s1. The highest BCUT2D eigenvalue weighted by Crippen LogP contribution is 2.05. The maximum Gasteiger partial charge on any atom is 0.407 e. The van der Waals surface area contributed by atoms with Crippen molar-refractivity contribution >= 4 is 18.3 Å². The summed E-state index contributed by atoms with van der Waals surface area (Å²) in [4.78, 5) is 25.6. The highest BCUT2D eigenvalue weighted by Gasteiger charge is 2.20. The number of carbonyl (C=O) groups is 2. The minimum Gasteiger partial charge on any atom is -0.480 e. The Labute approximate surface area is 99.7 Å². The third kappa shape index (κ3) is 6.88. The minimum absolute atomic E-state index is 0.0835. The first-order valence-electron chi connectivity index (χ1n) is 4.90. The molecule has 2 N–H and O–H groups in total. The van der Waals surface area contributed by atoms with Crippen LogP contribution < -0.4 is 5.32 Å². The Morgan fingerprint density at radius 2 is 2.24 bits per heavy atom. The fraction of sp³-hybridized carbons (Fsp3) is 0.364. The lowest BCUT2D eigenvalue weighted by Crippen LogP contribution is -2.40. The van der Waals surface area contributed by atoms with Crippen LogP contribution in [-0.4, -0.2) is 36.5 Å². The number of alkyl carbamates (subject to hydrolysis) is 1. The number of hydrogen-bond donors (Lipinski definition) is 2. The monoisotopic (exact) mass is 240 g/mol. The molecule has 0 radical (unpaired) electrons. The molecule has 0 aliphatic heterocycles. The average molecular weight is 240 g/mol. The topological polar surface area (TPSA) is 88.0 Å². The maximum absolute atomic E-state index is 10.9. The molecule has 6 nitrogen and oxygen atoms in total. The van der Waals surface area contributed by atoms with E-state index in [1.165, 1.54) is 13.3 Å². The van der Waals surface area contributed by atoms with Gasteiger partial charge in [0.1, 0.15) is 6.04 Å². The van der Waals surface area contributed by atoms with Crippen molar-refractivity contribution < 1.29 is 19.4 Å². The second-order valence-electron chi connectivity index (χ2n) is 3.11. The second kappa shape index (κ2) is 8.09. The van der Waals surface area contributed by atoms with Gasteiger partial charge in [-0.3, -0.25) is 4.99 Å². The Kier molecular flexibility index (Phi) is 7.09. The van der Waals surface area contributed by atoms with E-state index in [1.54, 1.807) is 19.2 Å². The number of ether oxygens (including phenoxy) is 1. The van der Waals surface area contributed by atoms with Crippen LogP contribution in [0.3, 0.4) is 0 Å². The van der Waals surface area contributed by atoms with Gasteiger partial charge in [0.15, 0.2) is 0 Å². The van der Waals surface area contributed by atoms with Gasteiger partial charge in [-0.15, -0.1) is 0 Å². The number of allylic oxidation sites excluding steroid dienone is 1. The third-order valence-corrected chi connectivity index (χ3v) is 1.79. The molecule has 0 heterocycles. The fourth-order valence-electron chi connectivity index (χ4n) is 0.966. The predicted molar refractivity (Wildman–Crippen MR) is 64.0 cm³/mol. The summed E-state index contributed by atoms with van der Waals surface area (Å²) in [5, 5.41) is 11.1. The molecule has 17 heavy (non-hydrogen) atoms. The summed E-state index contributed by atoms with van der Waals surface area (Å²) in [6.45, 7) is 5.42. The summed E-state index contributed by atoms with van der Waals surface area (Å²) in [6.07, 6.45) is 3.96. The van der Waals surface area contributed by atoms with Gasteiger partial charge >= 0.3 is 12.1 Å². The number of aliphatic imine (C=N–C) groups is 1. The molecule has 0 fully saturated rings. The predicted octanol–water partition coefficient (Wildman–Crippen LogP) is 1.35. The van der Waals surface area contributed by atoms with Crippen LogP contribution in [0.2, 0.25) is 0 Å². The molecule has 0 aliphatic carbocycles. The van der Waals surface area contributed by atoms with Gasteiger partial charge in [0.2, 0.25) is 0 Å². The van der Waals surface area contributed by atoms with Crippen LogP contribution in [0.15, 0.2) is 29.4 Å². The number of nitrogens with zero attached hydrogens (tertiary/aromatic N) is 1. The van der Waals surface area contributed by atoms with Crippen LogP contribution in [0.5, 0.6) is 0 Å². The number of carboxylic acid groups (broad SMARTS) is 1. The van der Waals surface area contributed by atoms with Crippen LogP contribution in [-0.2, 0) is 9.53 Å². The van der Waals surface area contributed by atoms with Crippen LogP contribution in [0.4, 0.5) is 4.79 Å². The van der Waals surface area contributed by atoms with Crippen molar-refractivity contribution in [2.45, 2.75) is 19.4 Å². The third-order valence-electron chi connectivity index (χ3n) is 1.79. The number of methoxy groups -OCH3 is 1. The van der Waals surface area contributed by atoms with Crippen LogP contribution >= 0.6 is 0 Å². The summed E-state index contributed by atoms with van der Waals surface area (Å²) in [5.74, 6) is -1.15. The molecule has 0 rings (SSSR count). The summed E-state index contributed by atoms with van der Waals surface area (Å²) in [7, 11) is 1.17. The van der Waals surface area contributed by atoms with E-state index in [4.69, 9.17) is 5.11 Å². The Balaban J connectivity index is 4.40. The molecule has 0 aliphatic rings. The molecule has 0 bridgehead atoms. The first kappa shape index (κ1) is 14.9. The van der Waals surface area contributed by atoms with Gasteiger partial charge in [-0.05, 0) is 13.0 Å². The smallest absolute Gasteiger partial charge is 0.407 e. The Morgan fingerprint density at radius 1 is 1.59 bits per heavy atom. The molecule has 0 saturated heterocycles. The molecule has 0 aromatic rings. The van der Waals surface area contributed by atoms with Crippen LogP contribution in [0, 0.1) is 0 Å². The van der Waals surface area contributed by atoms with Crippen molar-refractivity contribution in [1.29, 1.82) is 0 Å². The van der Waals surface area contributed by atoms with Gasteiger partial charge in [0, 0.05) is 18.8 Å². The molecule has 1 atom stereocenters. The Bertz CT molecular complexity index is 347. The Morgan fingerprint density at radius 3 is 2.71 bits per heavy atom. The SMILES string of the molecule is C=C(/C=C\N=CC)C[C@H](NC(=O)OC)C(=O)O. The number of hydrogen-bond acceptors (Lipinski definition) is 4. The lowest BCUT2D eigenvalue weighted by atomic mass is 10.1. The van der Waals surface area contributed by atoms with Crippen LogP contribution in [0.1, 0.15) is 13.3 Å². The minimum atomic E-state index is -1.15. The van der Waals surface area contributed by atoms with Gasteiger partial charge in [0.25, 0.3) is 0 Å². The van der Waals surface area contributed by atoms with Crippen molar-refractivity contribution in [2.24, 2.45) is 4.99 Å². The van der Waals surface area contributed by atoms with E-state index in [1.807, 2.05) is 0 Å². The number of amides is 1. The zero-order valence-electron chi connectivity index (χ0n) is 9.84. The summed E-state index contributed by atoms with van der Waals surface area (Å²) in [5.41, 5.74) is 0.541. The molecule has 0 aromatic carbocycles. The first-order chi connectivity index (χ1) is 8.01. The second-order valence-corrected chi connectivity index (χ2v) is 3.11. The average Bonchev–Trinajstić information content (AvgIpc) is 2.28. The lowest BCUT2D eigenvalue weighted by Gasteiger charge is -2.13. The zero-order chi connectivity index (χ0) is 13.3. The van der Waals surface area contributed by atoms with Gasteiger partial charge in [-0.1, -0.05) is 12.2 Å². The van der Waals surface area contributed by atoms with Crippen molar-refractivity contribution in [3.05, 3.63) is 24.4 Å². The van der Waals surface area contributed by atoms with E-state index < -0.39 is 18.1 Å². The fourth-order valence-corrected chi connectivity index (χ4v) is 0.966. The quantitative estimate of drug-likeness (QED) is 0.541. The van der Waals surface area contributed by atoms with Crippen molar-refractivity contribution in [1.82, 2.24) is 5.32 Å². The number of aliphatic carboxylic acids is 1. The van der Waals surface area contributed by atoms with Crippen molar-refractivity contribution in [3.8, 4) is 0 Å². The van der Waals surface area contributed by atoms with E-state index in [9.17, 15) is 9.59 Å². The molecule has 0 unspecified atom stereocenters. The summed E-state index contributed by atoms with van der Waals surface area (Å²) in [6, 6.07) is -1.06. The van der Waals surface area contributed by atoms with Crippen LogP contribution in [0.25, 0.3) is 0 Å². The number of rotatable bonds is 6. The summed E-state index contributed by atoms with van der Waals surface area (Å²) >= 11 is 0. The van der Waals surface area contributed by atoms with Crippen molar-refractivity contribution in [2.75, 3.05) is 7.11 Å². The number of carbonyl (C=O) groups excluding carboxylic acids is 1. The molecule has 1 amide bonds. The maximum atomic E-state index is 10.9. The van der Waals surface area contributed by atoms with E-state index in [-0.39, 0.29) is 6.42 Å². The summed E-state index contributed by atoms with van der Waals surface area (Å²) < 4.78 is 4.33. The highest BCUT2D eigenvalue weighted by molar-refractivity contribution is 5.80.